The summed E-state index contributed by atoms with van der Waals surface area (Å²) in [4.78, 5) is 0. The van der Waals surface area contributed by atoms with Gasteiger partial charge in [0.05, 0.1) is 0 Å². The van der Waals surface area contributed by atoms with Gasteiger partial charge < -0.3 is 5.32 Å². The van der Waals surface area contributed by atoms with Crippen LogP contribution in [0.15, 0.2) is 22.7 Å². The first kappa shape index (κ1) is 11.7. The van der Waals surface area contributed by atoms with Crippen molar-refractivity contribution in [1.82, 2.24) is 5.32 Å². The molecule has 1 aliphatic heterocycles. The first-order valence-corrected chi connectivity index (χ1v) is 7.17. The lowest BCUT2D eigenvalue weighted by Crippen LogP contribution is -2.44. The molecule has 2 fully saturated rings. The molecule has 0 radical (unpaired) electrons. The molecule has 1 nitrogen and oxygen atoms in total. The molecule has 1 atom stereocenters. The fourth-order valence-corrected chi connectivity index (χ4v) is 3.70. The molecule has 1 N–H and O–H groups in total. The first-order chi connectivity index (χ1) is 8.18. The van der Waals surface area contributed by atoms with Crippen LogP contribution >= 0.6 is 15.9 Å². The highest BCUT2D eigenvalue weighted by atomic mass is 79.9. The molecule has 0 aromatic heterocycles. The van der Waals surface area contributed by atoms with E-state index in [-0.39, 0.29) is 11.4 Å². The molecular formula is C14H17BrFN. The second-order valence-corrected chi connectivity index (χ2v) is 6.33. The van der Waals surface area contributed by atoms with Crippen molar-refractivity contribution < 1.29 is 4.39 Å². The van der Waals surface area contributed by atoms with Gasteiger partial charge in [0.2, 0.25) is 0 Å². The van der Waals surface area contributed by atoms with Gasteiger partial charge in [0.1, 0.15) is 5.82 Å². The highest BCUT2D eigenvalue weighted by Crippen LogP contribution is 2.46. The third kappa shape index (κ3) is 2.41. The van der Waals surface area contributed by atoms with Crippen molar-refractivity contribution in [2.75, 3.05) is 6.54 Å². The fourth-order valence-electron chi connectivity index (χ4n) is 3.19. The Morgan fingerprint density at radius 2 is 2.18 bits per heavy atom. The molecule has 1 heterocycles. The maximum atomic E-state index is 13.4. The lowest BCUT2D eigenvalue weighted by molar-refractivity contribution is 0.323. The van der Waals surface area contributed by atoms with E-state index in [1.165, 1.54) is 31.7 Å². The molecule has 0 spiro atoms. The zero-order valence-electron chi connectivity index (χ0n) is 9.81. The highest BCUT2D eigenvalue weighted by Gasteiger charge is 2.46. The Labute approximate surface area is 110 Å². The average Bonchev–Trinajstić information content (AvgIpc) is 3.00. The molecular weight excluding hydrogens is 281 g/mol. The van der Waals surface area contributed by atoms with Crippen LogP contribution < -0.4 is 5.32 Å². The third-order valence-corrected chi connectivity index (χ3v) is 4.54. The van der Waals surface area contributed by atoms with Gasteiger partial charge in [0.25, 0.3) is 0 Å². The minimum absolute atomic E-state index is 0.140. The summed E-state index contributed by atoms with van der Waals surface area (Å²) in [5, 5.41) is 3.68. The second-order valence-electron chi connectivity index (χ2n) is 5.42. The maximum absolute atomic E-state index is 13.4. The Morgan fingerprint density at radius 1 is 1.35 bits per heavy atom. The summed E-state index contributed by atoms with van der Waals surface area (Å²) in [7, 11) is 0. The normalized spacial score (nSPS) is 28.6. The molecule has 1 aromatic carbocycles. The predicted molar refractivity (Wildman–Crippen MR) is 70.5 cm³/mol. The van der Waals surface area contributed by atoms with Gasteiger partial charge in [-0.3, -0.25) is 0 Å². The van der Waals surface area contributed by atoms with Crippen molar-refractivity contribution in [2.24, 2.45) is 5.92 Å². The third-order valence-electron chi connectivity index (χ3n) is 4.08. The van der Waals surface area contributed by atoms with Gasteiger partial charge in [-0.25, -0.2) is 4.39 Å². The molecule has 1 saturated heterocycles. The van der Waals surface area contributed by atoms with Gasteiger partial charge in [0, 0.05) is 10.0 Å². The molecule has 2 aliphatic rings. The number of hydrogen-bond donors (Lipinski definition) is 1. The van der Waals surface area contributed by atoms with Gasteiger partial charge in [-0.1, -0.05) is 15.9 Å². The molecule has 1 aliphatic carbocycles. The monoisotopic (exact) mass is 297 g/mol. The minimum Gasteiger partial charge on any atom is -0.311 e. The zero-order valence-corrected chi connectivity index (χ0v) is 11.4. The quantitative estimate of drug-likeness (QED) is 0.898. The molecule has 1 saturated carbocycles. The van der Waals surface area contributed by atoms with E-state index in [0.717, 1.165) is 28.9 Å². The molecule has 1 aromatic rings. The summed E-state index contributed by atoms with van der Waals surface area (Å²) in [6.07, 6.45) is 6.14. The minimum atomic E-state index is -0.140. The Kier molecular flexibility index (Phi) is 2.99. The van der Waals surface area contributed by atoms with E-state index in [1.807, 2.05) is 6.07 Å². The van der Waals surface area contributed by atoms with Crippen LogP contribution in [0.5, 0.6) is 0 Å². The van der Waals surface area contributed by atoms with Crippen LogP contribution in [0.4, 0.5) is 4.39 Å². The van der Waals surface area contributed by atoms with Crippen molar-refractivity contribution in [2.45, 2.75) is 37.6 Å². The summed E-state index contributed by atoms with van der Waals surface area (Å²) in [5.74, 6) is 0.672. The Bertz CT molecular complexity index is 402. The van der Waals surface area contributed by atoms with E-state index >= 15 is 0 Å². The molecule has 0 amide bonds. The molecule has 3 rings (SSSR count). The van der Waals surface area contributed by atoms with Crippen LogP contribution in [0, 0.1) is 11.7 Å². The van der Waals surface area contributed by atoms with Crippen molar-refractivity contribution in [3.63, 3.8) is 0 Å². The van der Waals surface area contributed by atoms with Gasteiger partial charge in [-0.2, -0.15) is 0 Å². The van der Waals surface area contributed by atoms with Crippen LogP contribution in [-0.4, -0.2) is 12.1 Å². The maximum Gasteiger partial charge on any atom is 0.124 e. The van der Waals surface area contributed by atoms with Crippen molar-refractivity contribution in [3.05, 3.63) is 34.1 Å². The van der Waals surface area contributed by atoms with Crippen LogP contribution in [0.3, 0.4) is 0 Å². The molecule has 17 heavy (non-hydrogen) atoms. The predicted octanol–water partition coefficient (Wildman–Crippen LogP) is 3.66. The highest BCUT2D eigenvalue weighted by molar-refractivity contribution is 9.10. The summed E-state index contributed by atoms with van der Waals surface area (Å²) in [6.45, 7) is 1.12. The number of nitrogens with one attached hydrogen (secondary N) is 1. The van der Waals surface area contributed by atoms with Crippen molar-refractivity contribution in [1.29, 1.82) is 0 Å². The molecule has 0 bridgehead atoms. The van der Waals surface area contributed by atoms with Crippen LogP contribution in [0.1, 0.15) is 31.2 Å². The molecule has 92 valence electrons. The largest absolute Gasteiger partial charge is 0.311 e. The van der Waals surface area contributed by atoms with E-state index in [0.29, 0.717) is 0 Å². The number of benzene rings is 1. The number of hydrogen-bond acceptors (Lipinski definition) is 1. The fraction of sp³-hybridized carbons (Fsp3) is 0.571. The van der Waals surface area contributed by atoms with E-state index < -0.39 is 0 Å². The van der Waals surface area contributed by atoms with Crippen LogP contribution in [0.2, 0.25) is 0 Å². The van der Waals surface area contributed by atoms with Gasteiger partial charge in [0.15, 0.2) is 0 Å². The summed E-state index contributed by atoms with van der Waals surface area (Å²) >= 11 is 3.37. The lowest BCUT2D eigenvalue weighted by Gasteiger charge is -2.30. The standard InChI is InChI=1S/C14H17BrFN/c15-12-6-10(7-13(16)8-12)9-14(11-2-3-11)4-1-5-17-14/h6-8,11,17H,1-5,9H2. The number of rotatable bonds is 3. The lowest BCUT2D eigenvalue weighted by atomic mass is 9.84. The Morgan fingerprint density at radius 3 is 2.76 bits per heavy atom. The van der Waals surface area contributed by atoms with Crippen LogP contribution in [0.25, 0.3) is 0 Å². The van der Waals surface area contributed by atoms with E-state index in [9.17, 15) is 4.39 Å². The van der Waals surface area contributed by atoms with Crippen molar-refractivity contribution in [3.8, 4) is 0 Å². The van der Waals surface area contributed by atoms with E-state index in [2.05, 4.69) is 21.2 Å². The second kappa shape index (κ2) is 4.36. The van der Waals surface area contributed by atoms with Gasteiger partial charge >= 0.3 is 0 Å². The van der Waals surface area contributed by atoms with Crippen molar-refractivity contribution >= 4 is 15.9 Å². The summed E-state index contributed by atoms with van der Waals surface area (Å²) < 4.78 is 14.2. The first-order valence-electron chi connectivity index (χ1n) is 6.38. The zero-order chi connectivity index (χ0) is 11.9. The SMILES string of the molecule is Fc1cc(Br)cc(CC2(C3CC3)CCCN2)c1. The van der Waals surface area contributed by atoms with E-state index in [1.54, 1.807) is 6.07 Å². The van der Waals surface area contributed by atoms with E-state index in [4.69, 9.17) is 0 Å². The average molecular weight is 298 g/mol. The molecule has 1 unspecified atom stereocenters. The number of halogens is 2. The van der Waals surface area contributed by atoms with Gasteiger partial charge in [-0.05, 0) is 68.3 Å². The summed E-state index contributed by atoms with van der Waals surface area (Å²) in [5.41, 5.74) is 1.37. The summed E-state index contributed by atoms with van der Waals surface area (Å²) in [6, 6.07) is 5.25. The Hall–Kier alpha value is -0.410. The van der Waals surface area contributed by atoms with Gasteiger partial charge in [-0.15, -0.1) is 0 Å². The topological polar surface area (TPSA) is 12.0 Å². The van der Waals surface area contributed by atoms with Crippen LogP contribution in [-0.2, 0) is 6.42 Å². The Balaban J connectivity index is 1.84. The molecule has 3 heteroatoms. The smallest absolute Gasteiger partial charge is 0.124 e.